The normalized spacial score (nSPS) is 11.2. The van der Waals surface area contributed by atoms with Gasteiger partial charge in [0.25, 0.3) is 0 Å². The molecule has 0 radical (unpaired) electrons. The Bertz CT molecular complexity index is 699. The first-order chi connectivity index (χ1) is 11.6. The lowest BCUT2D eigenvalue weighted by molar-refractivity contribution is -0.126. The average molecular weight is 327 g/mol. The molecule has 1 aromatic heterocycles. The van der Waals surface area contributed by atoms with Crippen LogP contribution < -0.4 is 0 Å². The maximum absolute atomic E-state index is 12.3. The molecule has 0 fully saturated rings. The van der Waals surface area contributed by atoms with Gasteiger partial charge in [-0.15, -0.1) is 0 Å². The zero-order valence-corrected chi connectivity index (χ0v) is 14.6. The van der Waals surface area contributed by atoms with Crippen LogP contribution in [0.2, 0.25) is 0 Å². The number of rotatable bonds is 7. The molecule has 1 aromatic carbocycles. The fourth-order valence-electron chi connectivity index (χ4n) is 2.70. The van der Waals surface area contributed by atoms with Gasteiger partial charge in [-0.05, 0) is 38.5 Å². The van der Waals surface area contributed by atoms with Crippen molar-refractivity contribution in [3.05, 3.63) is 53.4 Å². The van der Waals surface area contributed by atoms with E-state index in [1.54, 1.807) is 11.0 Å². The molecule has 128 valence electrons. The Labute approximate surface area is 143 Å². The Kier molecular flexibility index (Phi) is 6.32. The van der Waals surface area contributed by atoms with Crippen molar-refractivity contribution >= 4 is 12.0 Å². The maximum Gasteiger partial charge on any atom is 0.246 e. The SMILES string of the molecule is CCCN(CCO)C(=O)/C=C/c1c(C)nn(-c2ccccc2)c1C. The van der Waals surface area contributed by atoms with E-state index >= 15 is 0 Å². The minimum atomic E-state index is -0.0860. The molecule has 0 unspecified atom stereocenters. The molecule has 1 heterocycles. The van der Waals surface area contributed by atoms with Crippen LogP contribution in [-0.2, 0) is 4.79 Å². The predicted octanol–water partition coefficient (Wildman–Crippen LogP) is 2.73. The minimum Gasteiger partial charge on any atom is -0.395 e. The highest BCUT2D eigenvalue weighted by molar-refractivity contribution is 5.92. The number of carbonyl (C=O) groups excluding carboxylic acids is 1. The van der Waals surface area contributed by atoms with Crippen molar-refractivity contribution in [1.82, 2.24) is 14.7 Å². The Morgan fingerprint density at radius 2 is 1.96 bits per heavy atom. The Hall–Kier alpha value is -2.40. The minimum absolute atomic E-state index is 0.0242. The summed E-state index contributed by atoms with van der Waals surface area (Å²) in [7, 11) is 0. The summed E-state index contributed by atoms with van der Waals surface area (Å²) >= 11 is 0. The van der Waals surface area contributed by atoms with E-state index in [4.69, 9.17) is 5.11 Å². The van der Waals surface area contributed by atoms with Gasteiger partial charge in [0.2, 0.25) is 5.91 Å². The summed E-state index contributed by atoms with van der Waals surface area (Å²) in [5, 5.41) is 13.7. The average Bonchev–Trinajstić information content (AvgIpc) is 2.87. The summed E-state index contributed by atoms with van der Waals surface area (Å²) in [5.74, 6) is -0.0860. The molecular formula is C19H25N3O2. The van der Waals surface area contributed by atoms with Crippen molar-refractivity contribution in [2.75, 3.05) is 19.7 Å². The smallest absolute Gasteiger partial charge is 0.246 e. The van der Waals surface area contributed by atoms with E-state index < -0.39 is 0 Å². The number of aliphatic hydroxyl groups is 1. The number of hydrogen-bond acceptors (Lipinski definition) is 3. The number of nitrogens with zero attached hydrogens (tertiary/aromatic N) is 3. The van der Waals surface area contributed by atoms with Gasteiger partial charge in [0, 0.05) is 30.4 Å². The van der Waals surface area contributed by atoms with Crippen molar-refractivity contribution in [3.8, 4) is 5.69 Å². The van der Waals surface area contributed by atoms with Crippen LogP contribution >= 0.6 is 0 Å². The van der Waals surface area contributed by atoms with E-state index in [1.807, 2.05) is 61.9 Å². The predicted molar refractivity (Wildman–Crippen MR) is 96.0 cm³/mol. The van der Waals surface area contributed by atoms with Crippen molar-refractivity contribution in [2.24, 2.45) is 0 Å². The molecule has 0 bridgehead atoms. The summed E-state index contributed by atoms with van der Waals surface area (Å²) in [6.07, 6.45) is 4.25. The van der Waals surface area contributed by atoms with Crippen LogP contribution in [0, 0.1) is 13.8 Å². The molecule has 24 heavy (non-hydrogen) atoms. The van der Waals surface area contributed by atoms with Crippen LogP contribution in [-0.4, -0.2) is 45.4 Å². The van der Waals surface area contributed by atoms with E-state index in [-0.39, 0.29) is 12.5 Å². The van der Waals surface area contributed by atoms with Crippen molar-refractivity contribution in [1.29, 1.82) is 0 Å². The first-order valence-electron chi connectivity index (χ1n) is 8.28. The van der Waals surface area contributed by atoms with Gasteiger partial charge in [0.05, 0.1) is 18.0 Å². The second kappa shape index (κ2) is 8.45. The maximum atomic E-state index is 12.3. The quantitative estimate of drug-likeness (QED) is 0.796. The Balaban J connectivity index is 2.24. The van der Waals surface area contributed by atoms with E-state index in [0.717, 1.165) is 29.1 Å². The van der Waals surface area contributed by atoms with E-state index in [0.29, 0.717) is 13.1 Å². The summed E-state index contributed by atoms with van der Waals surface area (Å²) < 4.78 is 1.89. The first-order valence-corrected chi connectivity index (χ1v) is 8.28. The molecule has 1 N–H and O–H groups in total. The molecule has 0 aliphatic carbocycles. The monoisotopic (exact) mass is 327 g/mol. The highest BCUT2D eigenvalue weighted by Gasteiger charge is 2.12. The number of amides is 1. The number of benzene rings is 1. The van der Waals surface area contributed by atoms with E-state index in [9.17, 15) is 4.79 Å². The molecule has 0 aliphatic heterocycles. The second-order valence-electron chi connectivity index (χ2n) is 5.71. The van der Waals surface area contributed by atoms with Gasteiger partial charge in [-0.3, -0.25) is 4.79 Å². The van der Waals surface area contributed by atoms with Gasteiger partial charge in [0.1, 0.15) is 0 Å². The van der Waals surface area contributed by atoms with E-state index in [1.165, 1.54) is 0 Å². The Morgan fingerprint density at radius 3 is 2.58 bits per heavy atom. The molecule has 0 spiro atoms. The van der Waals surface area contributed by atoms with Gasteiger partial charge in [-0.25, -0.2) is 4.68 Å². The fraction of sp³-hybridized carbons (Fsp3) is 0.368. The first kappa shape index (κ1) is 17.9. The molecule has 5 nitrogen and oxygen atoms in total. The van der Waals surface area contributed by atoms with Gasteiger partial charge in [0.15, 0.2) is 0 Å². The lowest BCUT2D eigenvalue weighted by atomic mass is 10.1. The van der Waals surface area contributed by atoms with Crippen LogP contribution in [0.5, 0.6) is 0 Å². The summed E-state index contributed by atoms with van der Waals surface area (Å²) in [4.78, 5) is 14.0. The zero-order chi connectivity index (χ0) is 17.5. The number of carbonyl (C=O) groups is 1. The lowest BCUT2D eigenvalue weighted by Gasteiger charge is -2.18. The number of aromatic nitrogens is 2. The molecule has 0 aliphatic rings. The topological polar surface area (TPSA) is 58.4 Å². The molecular weight excluding hydrogens is 302 g/mol. The number of hydrogen-bond donors (Lipinski definition) is 1. The third kappa shape index (κ3) is 4.11. The van der Waals surface area contributed by atoms with Crippen molar-refractivity contribution in [2.45, 2.75) is 27.2 Å². The fourth-order valence-corrected chi connectivity index (χ4v) is 2.70. The summed E-state index contributed by atoms with van der Waals surface area (Å²) in [6.45, 7) is 6.93. The summed E-state index contributed by atoms with van der Waals surface area (Å²) in [6, 6.07) is 9.92. The van der Waals surface area contributed by atoms with Crippen molar-refractivity contribution in [3.63, 3.8) is 0 Å². The third-order valence-corrected chi connectivity index (χ3v) is 3.92. The largest absolute Gasteiger partial charge is 0.395 e. The Morgan fingerprint density at radius 1 is 1.25 bits per heavy atom. The van der Waals surface area contributed by atoms with Gasteiger partial charge in [-0.1, -0.05) is 25.1 Å². The lowest BCUT2D eigenvalue weighted by Crippen LogP contribution is -2.32. The van der Waals surface area contributed by atoms with Gasteiger partial charge in [-0.2, -0.15) is 5.10 Å². The van der Waals surface area contributed by atoms with Crippen LogP contribution in [0.15, 0.2) is 36.4 Å². The molecule has 0 atom stereocenters. The molecule has 2 aromatic rings. The molecule has 5 heteroatoms. The highest BCUT2D eigenvalue weighted by atomic mass is 16.3. The van der Waals surface area contributed by atoms with Gasteiger partial charge < -0.3 is 10.0 Å². The zero-order valence-electron chi connectivity index (χ0n) is 14.6. The number of aliphatic hydroxyl groups excluding tert-OH is 1. The van der Waals surface area contributed by atoms with Crippen LogP contribution in [0.25, 0.3) is 11.8 Å². The molecule has 0 saturated heterocycles. The highest BCUT2D eigenvalue weighted by Crippen LogP contribution is 2.19. The van der Waals surface area contributed by atoms with E-state index in [2.05, 4.69) is 5.10 Å². The van der Waals surface area contributed by atoms with Crippen LogP contribution in [0.1, 0.15) is 30.3 Å². The standard InChI is InChI=1S/C19H25N3O2/c1-4-12-21(13-14-23)19(24)11-10-18-15(2)20-22(16(18)3)17-8-6-5-7-9-17/h5-11,23H,4,12-14H2,1-3H3/b11-10+. The van der Waals surface area contributed by atoms with Crippen molar-refractivity contribution < 1.29 is 9.90 Å². The van der Waals surface area contributed by atoms with Gasteiger partial charge >= 0.3 is 0 Å². The molecule has 1 amide bonds. The van der Waals surface area contributed by atoms with Crippen LogP contribution in [0.3, 0.4) is 0 Å². The number of aryl methyl sites for hydroxylation is 1. The third-order valence-electron chi connectivity index (χ3n) is 3.92. The molecule has 0 saturated carbocycles. The summed E-state index contributed by atoms with van der Waals surface area (Å²) in [5.41, 5.74) is 3.82. The molecule has 2 rings (SSSR count). The second-order valence-corrected chi connectivity index (χ2v) is 5.71. The number of para-hydroxylation sites is 1. The van der Waals surface area contributed by atoms with Crippen LogP contribution in [0.4, 0.5) is 0 Å².